The van der Waals surface area contributed by atoms with Gasteiger partial charge in [-0.05, 0) is 17.5 Å². The van der Waals surface area contributed by atoms with E-state index in [0.29, 0.717) is 18.4 Å². The van der Waals surface area contributed by atoms with Crippen molar-refractivity contribution < 1.29 is 24.9 Å². The van der Waals surface area contributed by atoms with Gasteiger partial charge in [-0.2, -0.15) is 5.10 Å². The van der Waals surface area contributed by atoms with Crippen LogP contribution in [0.3, 0.4) is 0 Å². The van der Waals surface area contributed by atoms with Gasteiger partial charge in [0.25, 0.3) is 0 Å². The number of aliphatic hydroxyl groups excluding tert-OH is 1. The summed E-state index contributed by atoms with van der Waals surface area (Å²) in [6.45, 7) is 1.71. The highest BCUT2D eigenvalue weighted by atomic mass is 16.4. The number of carboxylic acid groups (broad SMARTS) is 2. The van der Waals surface area contributed by atoms with Gasteiger partial charge >= 0.3 is 11.9 Å². The van der Waals surface area contributed by atoms with Crippen LogP contribution in [-0.4, -0.2) is 44.7 Å². The van der Waals surface area contributed by atoms with E-state index in [4.69, 9.17) is 5.11 Å². The third-order valence-corrected chi connectivity index (χ3v) is 3.80. The molecule has 4 N–H and O–H groups in total. The Morgan fingerprint density at radius 2 is 2.14 bits per heavy atom. The molecule has 0 saturated carbocycles. The molecule has 0 aliphatic heterocycles. The number of aliphatic hydroxyl groups is 1. The maximum atomic E-state index is 11.3. The summed E-state index contributed by atoms with van der Waals surface area (Å²) in [6, 6.07) is 1.82. The molecule has 22 heavy (non-hydrogen) atoms. The van der Waals surface area contributed by atoms with Gasteiger partial charge in [-0.3, -0.25) is 14.7 Å². The minimum atomic E-state index is -1.16. The van der Waals surface area contributed by atoms with Crippen LogP contribution in [0.2, 0.25) is 6.82 Å². The number of hydrogen-bond donors (Lipinski definition) is 4. The number of aromatic amines is 1. The van der Waals surface area contributed by atoms with E-state index >= 15 is 0 Å². The van der Waals surface area contributed by atoms with Crippen LogP contribution in [0.15, 0.2) is 12.3 Å². The number of nitrogens with one attached hydrogen (secondary N) is 1. The number of carboxylic acids is 2. The number of fused-ring (bicyclic) bond motifs is 1. The van der Waals surface area contributed by atoms with Crippen LogP contribution in [0.4, 0.5) is 0 Å². The van der Waals surface area contributed by atoms with E-state index in [-0.39, 0.29) is 13.0 Å². The maximum absolute atomic E-state index is 11.3. The zero-order valence-electron chi connectivity index (χ0n) is 12.2. The van der Waals surface area contributed by atoms with Crippen molar-refractivity contribution in [2.45, 2.75) is 26.3 Å². The van der Waals surface area contributed by atoms with Gasteiger partial charge in [0.05, 0.1) is 30.7 Å². The summed E-state index contributed by atoms with van der Waals surface area (Å²) in [5.41, 5.74) is 3.03. The lowest BCUT2D eigenvalue weighted by Gasteiger charge is -2.15. The Morgan fingerprint density at radius 1 is 1.41 bits per heavy atom. The molecule has 0 fully saturated rings. The number of nitrogens with zero attached hydrogens (tertiary/aromatic N) is 1. The van der Waals surface area contributed by atoms with Gasteiger partial charge in [-0.25, -0.2) is 0 Å². The van der Waals surface area contributed by atoms with E-state index < -0.39 is 24.3 Å². The maximum Gasteiger partial charge on any atom is 0.307 e. The van der Waals surface area contributed by atoms with E-state index in [2.05, 4.69) is 10.2 Å². The second-order valence-corrected chi connectivity index (χ2v) is 5.18. The van der Waals surface area contributed by atoms with Crippen molar-refractivity contribution in [2.24, 2.45) is 5.92 Å². The molecule has 0 unspecified atom stereocenters. The third kappa shape index (κ3) is 3.11. The number of aliphatic carboxylic acids is 2. The van der Waals surface area contributed by atoms with Gasteiger partial charge in [0, 0.05) is 5.39 Å². The molecule has 2 aromatic rings. The molecule has 8 heteroatoms. The number of aromatic nitrogens is 2. The van der Waals surface area contributed by atoms with Gasteiger partial charge in [-0.1, -0.05) is 18.4 Å². The van der Waals surface area contributed by atoms with Crippen molar-refractivity contribution in [3.8, 4) is 0 Å². The molecule has 0 radical (unpaired) electrons. The van der Waals surface area contributed by atoms with Crippen LogP contribution in [0.5, 0.6) is 0 Å². The number of benzene rings is 1. The van der Waals surface area contributed by atoms with E-state index in [9.17, 15) is 19.8 Å². The number of carbonyl (C=O) groups is 2. The molecular formula is C14H17BN2O5. The van der Waals surface area contributed by atoms with Crippen LogP contribution in [0.25, 0.3) is 10.9 Å². The standard InChI is InChI=1S/C14H17BN2O5/c1-15-11-3-7(2-8(14(21)22)4-12(19)20)10(6-18)9-5-16-17-13(9)11/h3,5,8,15,18H,2,4,6H2,1H3,(H,16,17)(H,19,20)(H,21,22)/t8-/m0/s1. The zero-order chi connectivity index (χ0) is 16.3. The summed E-state index contributed by atoms with van der Waals surface area (Å²) in [7, 11) is 0.716. The topological polar surface area (TPSA) is 124 Å². The average molecular weight is 304 g/mol. The van der Waals surface area contributed by atoms with Gasteiger partial charge in [0.15, 0.2) is 7.28 Å². The molecule has 1 aromatic heterocycles. The van der Waals surface area contributed by atoms with Crippen LogP contribution in [0.1, 0.15) is 17.5 Å². The molecule has 1 heterocycles. The molecule has 0 aliphatic rings. The van der Waals surface area contributed by atoms with Crippen molar-refractivity contribution >= 4 is 35.6 Å². The smallest absolute Gasteiger partial charge is 0.307 e. The fourth-order valence-electron chi connectivity index (χ4n) is 2.67. The number of rotatable bonds is 7. The summed E-state index contributed by atoms with van der Waals surface area (Å²) >= 11 is 0. The normalized spacial score (nSPS) is 12.3. The lowest BCUT2D eigenvalue weighted by Crippen LogP contribution is -2.22. The molecule has 1 aromatic carbocycles. The highest BCUT2D eigenvalue weighted by Crippen LogP contribution is 2.23. The Balaban J connectivity index is 2.48. The fourth-order valence-corrected chi connectivity index (χ4v) is 2.67. The fraction of sp³-hybridized carbons (Fsp3) is 0.357. The van der Waals surface area contributed by atoms with Crippen LogP contribution in [-0.2, 0) is 22.6 Å². The van der Waals surface area contributed by atoms with Crippen LogP contribution >= 0.6 is 0 Å². The van der Waals surface area contributed by atoms with Crippen molar-refractivity contribution in [2.75, 3.05) is 0 Å². The first kappa shape index (κ1) is 16.0. The summed E-state index contributed by atoms with van der Waals surface area (Å²) in [6.07, 6.45) is 1.20. The van der Waals surface area contributed by atoms with E-state index in [1.54, 1.807) is 6.20 Å². The molecule has 7 nitrogen and oxygen atoms in total. The molecule has 0 spiro atoms. The number of H-pyrrole nitrogens is 1. The minimum Gasteiger partial charge on any atom is -0.481 e. The Kier molecular flexibility index (Phi) is 4.82. The van der Waals surface area contributed by atoms with Gasteiger partial charge in [0.2, 0.25) is 0 Å². The lowest BCUT2D eigenvalue weighted by molar-refractivity contribution is -0.148. The molecule has 0 amide bonds. The molecule has 2 rings (SSSR count). The summed E-state index contributed by atoms with van der Waals surface area (Å²) in [5.74, 6) is -3.34. The molecule has 116 valence electrons. The van der Waals surface area contributed by atoms with Gasteiger partial charge in [-0.15, -0.1) is 0 Å². The third-order valence-electron chi connectivity index (χ3n) is 3.80. The minimum absolute atomic E-state index is 0.0612. The highest BCUT2D eigenvalue weighted by molar-refractivity contribution is 6.55. The van der Waals surface area contributed by atoms with E-state index in [1.807, 2.05) is 12.9 Å². The van der Waals surface area contributed by atoms with E-state index in [0.717, 1.165) is 16.4 Å². The monoisotopic (exact) mass is 304 g/mol. The second-order valence-electron chi connectivity index (χ2n) is 5.18. The van der Waals surface area contributed by atoms with Gasteiger partial charge in [0.1, 0.15) is 0 Å². The largest absolute Gasteiger partial charge is 0.481 e. The lowest BCUT2D eigenvalue weighted by atomic mass is 9.71. The zero-order valence-corrected chi connectivity index (χ0v) is 12.2. The first-order valence-corrected chi connectivity index (χ1v) is 7.00. The van der Waals surface area contributed by atoms with Crippen molar-refractivity contribution in [1.82, 2.24) is 10.2 Å². The molecule has 0 saturated heterocycles. The SMILES string of the molecule is CBc1cc(C[C@@H](CC(=O)O)C(=O)O)c(CO)c2cn[nH]c12. The Morgan fingerprint density at radius 3 is 2.68 bits per heavy atom. The van der Waals surface area contributed by atoms with Crippen molar-refractivity contribution in [3.05, 3.63) is 23.4 Å². The van der Waals surface area contributed by atoms with Crippen LogP contribution < -0.4 is 5.46 Å². The second kappa shape index (κ2) is 6.61. The van der Waals surface area contributed by atoms with Gasteiger partial charge < -0.3 is 15.3 Å². The molecule has 1 atom stereocenters. The van der Waals surface area contributed by atoms with Crippen LogP contribution in [0, 0.1) is 5.92 Å². The van der Waals surface area contributed by atoms with Crippen molar-refractivity contribution in [1.29, 1.82) is 0 Å². The summed E-state index contributed by atoms with van der Waals surface area (Å²) in [4.78, 5) is 22.1. The van der Waals surface area contributed by atoms with Crippen molar-refractivity contribution in [3.63, 3.8) is 0 Å². The Bertz CT molecular complexity index is 713. The first-order valence-electron chi connectivity index (χ1n) is 7.00. The predicted molar refractivity (Wildman–Crippen MR) is 81.7 cm³/mol. The van der Waals surface area contributed by atoms with E-state index in [1.165, 1.54) is 0 Å². The Labute approximate surface area is 127 Å². The number of hydrogen-bond acceptors (Lipinski definition) is 4. The summed E-state index contributed by atoms with van der Waals surface area (Å²) in [5, 5.41) is 35.3. The average Bonchev–Trinajstić information content (AvgIpc) is 2.94. The highest BCUT2D eigenvalue weighted by Gasteiger charge is 2.24. The first-order chi connectivity index (χ1) is 10.5. The molecule has 0 bridgehead atoms. The molecular weight excluding hydrogens is 287 g/mol. The molecule has 0 aliphatic carbocycles. The summed E-state index contributed by atoms with van der Waals surface area (Å²) < 4.78 is 0. The Hall–Kier alpha value is -2.35. The quantitative estimate of drug-likeness (QED) is 0.529. The predicted octanol–water partition coefficient (Wildman–Crippen LogP) is -0.117.